The van der Waals surface area contributed by atoms with Crippen molar-refractivity contribution < 1.29 is 19.1 Å². The zero-order chi connectivity index (χ0) is 23.1. The summed E-state index contributed by atoms with van der Waals surface area (Å²) in [5, 5.41) is 19.9. The van der Waals surface area contributed by atoms with E-state index in [9.17, 15) is 20.1 Å². The van der Waals surface area contributed by atoms with Gasteiger partial charge in [-0.2, -0.15) is 10.5 Å². The molecule has 2 amide bonds. The van der Waals surface area contributed by atoms with Crippen molar-refractivity contribution in [3.8, 4) is 12.1 Å². The van der Waals surface area contributed by atoms with Crippen molar-refractivity contribution in [2.24, 2.45) is 0 Å². The molecule has 30 heavy (non-hydrogen) atoms. The molecule has 0 unspecified atom stereocenters. The minimum Gasteiger partial charge on any atom is -0.443 e. The van der Waals surface area contributed by atoms with E-state index in [2.05, 4.69) is 5.43 Å². The average Bonchev–Trinajstić information content (AvgIpc) is 2.61. The van der Waals surface area contributed by atoms with Gasteiger partial charge in [0.15, 0.2) is 0 Å². The van der Waals surface area contributed by atoms with Crippen LogP contribution in [-0.4, -0.2) is 34.4 Å². The Morgan fingerprint density at radius 2 is 1.47 bits per heavy atom. The van der Waals surface area contributed by atoms with Crippen LogP contribution in [0, 0.1) is 22.7 Å². The van der Waals surface area contributed by atoms with Crippen LogP contribution in [0.15, 0.2) is 35.9 Å². The fourth-order valence-corrected chi connectivity index (χ4v) is 2.50. The van der Waals surface area contributed by atoms with Crippen LogP contribution >= 0.6 is 0 Å². The number of rotatable bonds is 3. The molecule has 8 nitrogen and oxygen atoms in total. The van der Waals surface area contributed by atoms with E-state index in [0.717, 1.165) is 5.01 Å². The van der Waals surface area contributed by atoms with Gasteiger partial charge < -0.3 is 9.47 Å². The van der Waals surface area contributed by atoms with Crippen molar-refractivity contribution in [1.82, 2.24) is 10.4 Å². The van der Waals surface area contributed by atoms with Crippen LogP contribution in [0.25, 0.3) is 5.57 Å². The average molecular weight is 412 g/mol. The molecular formula is C22H28N4O4. The summed E-state index contributed by atoms with van der Waals surface area (Å²) in [5.41, 5.74) is 1.40. The molecule has 0 bridgehead atoms. The largest absolute Gasteiger partial charge is 0.443 e. The van der Waals surface area contributed by atoms with Crippen molar-refractivity contribution in [1.29, 1.82) is 10.5 Å². The lowest BCUT2D eigenvalue weighted by Gasteiger charge is -2.33. The highest BCUT2D eigenvalue weighted by atomic mass is 16.6. The predicted octanol–water partition coefficient (Wildman–Crippen LogP) is 4.55. The molecule has 0 fully saturated rings. The molecule has 0 aromatic heterocycles. The van der Waals surface area contributed by atoms with Gasteiger partial charge in [0.05, 0.1) is 6.04 Å². The lowest BCUT2D eigenvalue weighted by Crippen LogP contribution is -2.54. The number of benzene rings is 1. The second-order valence-corrected chi connectivity index (χ2v) is 8.52. The van der Waals surface area contributed by atoms with Gasteiger partial charge in [0.2, 0.25) is 0 Å². The van der Waals surface area contributed by atoms with Gasteiger partial charge in [-0.25, -0.2) is 20.0 Å². The Kier molecular flexibility index (Phi) is 8.01. The predicted molar refractivity (Wildman–Crippen MR) is 111 cm³/mol. The van der Waals surface area contributed by atoms with E-state index in [0.29, 0.717) is 5.56 Å². The summed E-state index contributed by atoms with van der Waals surface area (Å²) in [6, 6.07) is 11.5. The Morgan fingerprint density at radius 1 is 0.967 bits per heavy atom. The van der Waals surface area contributed by atoms with Crippen molar-refractivity contribution in [2.45, 2.75) is 65.7 Å². The first-order valence-corrected chi connectivity index (χ1v) is 9.40. The Balaban J connectivity index is 3.46. The van der Waals surface area contributed by atoms with Gasteiger partial charge in [0, 0.05) is 5.57 Å². The van der Waals surface area contributed by atoms with E-state index in [1.165, 1.54) is 0 Å². The van der Waals surface area contributed by atoms with Gasteiger partial charge >= 0.3 is 12.2 Å². The van der Waals surface area contributed by atoms with Crippen molar-refractivity contribution in [2.75, 3.05) is 0 Å². The highest BCUT2D eigenvalue weighted by molar-refractivity contribution is 5.83. The maximum Gasteiger partial charge on any atom is 0.429 e. The monoisotopic (exact) mass is 412 g/mol. The Morgan fingerprint density at radius 3 is 1.90 bits per heavy atom. The molecule has 1 atom stereocenters. The summed E-state index contributed by atoms with van der Waals surface area (Å²) in [4.78, 5) is 25.3. The third-order valence-corrected chi connectivity index (χ3v) is 3.58. The molecule has 1 rings (SSSR count). The van der Waals surface area contributed by atoms with Gasteiger partial charge in [0.1, 0.15) is 28.9 Å². The molecule has 1 aromatic rings. The van der Waals surface area contributed by atoms with Crippen molar-refractivity contribution >= 4 is 17.8 Å². The van der Waals surface area contributed by atoms with Crippen LogP contribution in [0.3, 0.4) is 0 Å². The number of allylic oxidation sites excluding steroid dienone is 1. The molecule has 0 aliphatic heterocycles. The first kappa shape index (κ1) is 24.5. The molecule has 0 saturated carbocycles. The molecular weight excluding hydrogens is 384 g/mol. The van der Waals surface area contributed by atoms with Crippen molar-refractivity contribution in [3.05, 3.63) is 41.5 Å². The van der Waals surface area contributed by atoms with Crippen LogP contribution in [-0.2, 0) is 9.47 Å². The van der Waals surface area contributed by atoms with Gasteiger partial charge in [-0.15, -0.1) is 0 Å². The molecule has 0 aliphatic rings. The number of nitriles is 2. The van der Waals surface area contributed by atoms with Gasteiger partial charge in [-0.3, -0.25) is 0 Å². The summed E-state index contributed by atoms with van der Waals surface area (Å²) in [6.45, 7) is 11.7. The van der Waals surface area contributed by atoms with Gasteiger partial charge in [-0.05, 0) is 54.0 Å². The second kappa shape index (κ2) is 9.80. The lowest BCUT2D eigenvalue weighted by atomic mass is 9.94. The van der Waals surface area contributed by atoms with Crippen LogP contribution < -0.4 is 5.43 Å². The summed E-state index contributed by atoms with van der Waals surface area (Å²) in [7, 11) is 0. The maximum absolute atomic E-state index is 12.9. The number of hydrazine groups is 1. The fourth-order valence-electron chi connectivity index (χ4n) is 2.50. The van der Waals surface area contributed by atoms with E-state index < -0.39 is 29.4 Å². The molecule has 8 heteroatoms. The van der Waals surface area contributed by atoms with Gasteiger partial charge in [-0.1, -0.05) is 30.3 Å². The van der Waals surface area contributed by atoms with E-state index >= 15 is 0 Å². The fraction of sp³-hybridized carbons (Fsp3) is 0.455. The van der Waals surface area contributed by atoms with E-state index in [4.69, 9.17) is 9.47 Å². The number of nitrogens with zero attached hydrogens (tertiary/aromatic N) is 3. The highest BCUT2D eigenvalue weighted by Crippen LogP contribution is 2.26. The number of hydrogen-bond acceptors (Lipinski definition) is 6. The Labute approximate surface area is 177 Å². The molecule has 0 spiro atoms. The third kappa shape index (κ3) is 7.48. The zero-order valence-electron chi connectivity index (χ0n) is 18.4. The van der Waals surface area contributed by atoms with Gasteiger partial charge in [0.25, 0.3) is 0 Å². The third-order valence-electron chi connectivity index (χ3n) is 3.58. The number of hydrogen-bond donors (Lipinski definition) is 1. The maximum atomic E-state index is 12.9. The second-order valence-electron chi connectivity index (χ2n) is 8.52. The molecule has 0 aliphatic carbocycles. The topological polar surface area (TPSA) is 115 Å². The Bertz CT molecular complexity index is 865. The molecule has 0 radical (unpaired) electrons. The molecule has 0 heterocycles. The quantitative estimate of drug-likeness (QED) is 0.575. The number of carbonyl (C=O) groups excluding carboxylic acids is 2. The standard InChI is InChI=1S/C22H28N4O4/c1-15(18(17(13-23)14-24)16-11-9-8-10-12-16)26(20(28)30-22(5,6)7)25-19(27)29-21(2,3)4/h8-12,15H,1-7H3,(H,25,27)/t15-/m0/s1. The minimum atomic E-state index is -0.913. The van der Waals surface area contributed by atoms with Crippen LogP contribution in [0.5, 0.6) is 0 Å². The summed E-state index contributed by atoms with van der Waals surface area (Å²) in [5.74, 6) is 0. The summed E-state index contributed by atoms with van der Waals surface area (Å²) < 4.78 is 10.7. The van der Waals surface area contributed by atoms with E-state index in [1.54, 1.807) is 78.8 Å². The number of amides is 2. The minimum absolute atomic E-state index is 0.187. The zero-order valence-corrected chi connectivity index (χ0v) is 18.4. The van der Waals surface area contributed by atoms with Crippen LogP contribution in [0.2, 0.25) is 0 Å². The van der Waals surface area contributed by atoms with Crippen LogP contribution in [0.1, 0.15) is 54.0 Å². The summed E-state index contributed by atoms with van der Waals surface area (Å²) in [6.07, 6.45) is -1.73. The smallest absolute Gasteiger partial charge is 0.429 e. The highest BCUT2D eigenvalue weighted by Gasteiger charge is 2.33. The summed E-state index contributed by atoms with van der Waals surface area (Å²) >= 11 is 0. The van der Waals surface area contributed by atoms with Crippen LogP contribution in [0.4, 0.5) is 9.59 Å². The molecule has 0 saturated heterocycles. The molecule has 1 aromatic carbocycles. The number of ether oxygens (including phenoxy) is 2. The number of carbonyl (C=O) groups is 2. The normalized spacial score (nSPS) is 11.9. The van der Waals surface area contributed by atoms with E-state index in [1.807, 2.05) is 12.1 Å². The lowest BCUT2D eigenvalue weighted by molar-refractivity contribution is -0.00257. The molecule has 160 valence electrons. The molecule has 1 N–H and O–H groups in total. The first-order chi connectivity index (χ1) is 13.8. The Hall–Kier alpha value is -3.52. The SMILES string of the molecule is C[C@@H](C(=C(C#N)C#N)c1ccccc1)N(NC(=O)OC(C)(C)C)C(=O)OC(C)(C)C. The first-order valence-electron chi connectivity index (χ1n) is 9.40. The van der Waals surface area contributed by atoms with Crippen molar-refractivity contribution in [3.63, 3.8) is 0 Å². The van der Waals surface area contributed by atoms with E-state index in [-0.39, 0.29) is 11.1 Å². The number of nitrogens with one attached hydrogen (secondary N) is 1.